The van der Waals surface area contributed by atoms with E-state index in [1.165, 1.54) is 25.7 Å². The van der Waals surface area contributed by atoms with Crippen molar-refractivity contribution in [2.75, 3.05) is 13.1 Å². The molecule has 128 valence electrons. The molecule has 0 unspecified atom stereocenters. The highest BCUT2D eigenvalue weighted by Crippen LogP contribution is 2.25. The van der Waals surface area contributed by atoms with E-state index in [2.05, 4.69) is 20.6 Å². The number of aromatic nitrogens is 4. The maximum atomic E-state index is 12.7. The average molecular weight is 321 g/mol. The van der Waals surface area contributed by atoms with Crippen molar-refractivity contribution in [2.45, 2.75) is 76.4 Å². The number of H-pyrrole nitrogens is 1. The predicted molar refractivity (Wildman–Crippen MR) is 84.8 cm³/mol. The van der Waals surface area contributed by atoms with Crippen molar-refractivity contribution >= 4 is 5.91 Å². The van der Waals surface area contributed by atoms with Crippen molar-refractivity contribution in [3.63, 3.8) is 0 Å². The van der Waals surface area contributed by atoms with E-state index >= 15 is 0 Å². The summed E-state index contributed by atoms with van der Waals surface area (Å²) in [5, 5.41) is 14.3. The third-order valence-electron chi connectivity index (χ3n) is 5.01. The SMILES string of the molecule is C[C@H](OC1CCCCCC1)C(=O)N1CCC[C@H](c2nn[nH]n2)C1. The first kappa shape index (κ1) is 16.4. The van der Waals surface area contributed by atoms with Gasteiger partial charge in [0.05, 0.1) is 6.10 Å². The summed E-state index contributed by atoms with van der Waals surface area (Å²) in [6.45, 7) is 3.35. The van der Waals surface area contributed by atoms with Crippen molar-refractivity contribution in [1.29, 1.82) is 0 Å². The van der Waals surface area contributed by atoms with Gasteiger partial charge in [0.2, 0.25) is 0 Å². The number of amides is 1. The Morgan fingerprint density at radius 3 is 2.70 bits per heavy atom. The number of hydrogen-bond acceptors (Lipinski definition) is 5. The van der Waals surface area contributed by atoms with Gasteiger partial charge in [0, 0.05) is 19.0 Å². The van der Waals surface area contributed by atoms with Crippen LogP contribution in [0.15, 0.2) is 0 Å². The molecule has 0 aromatic carbocycles. The number of nitrogens with zero attached hydrogens (tertiary/aromatic N) is 4. The molecule has 1 saturated heterocycles. The second kappa shape index (κ2) is 7.86. The molecule has 0 radical (unpaired) electrons. The van der Waals surface area contributed by atoms with E-state index in [4.69, 9.17) is 4.74 Å². The Bertz CT molecular complexity index is 485. The molecule has 2 atom stereocenters. The van der Waals surface area contributed by atoms with Gasteiger partial charge in [-0.1, -0.05) is 30.9 Å². The Morgan fingerprint density at radius 2 is 2.00 bits per heavy atom. The molecule has 3 rings (SSSR count). The highest BCUT2D eigenvalue weighted by molar-refractivity contribution is 5.80. The van der Waals surface area contributed by atoms with Crippen LogP contribution in [0.2, 0.25) is 0 Å². The average Bonchev–Trinajstić information content (AvgIpc) is 3.00. The van der Waals surface area contributed by atoms with Crippen molar-refractivity contribution in [1.82, 2.24) is 25.5 Å². The molecule has 2 fully saturated rings. The summed E-state index contributed by atoms with van der Waals surface area (Å²) in [5.41, 5.74) is 0. The van der Waals surface area contributed by atoms with Crippen LogP contribution >= 0.6 is 0 Å². The van der Waals surface area contributed by atoms with Crippen LogP contribution in [0.5, 0.6) is 0 Å². The standard InChI is InChI=1S/C16H27N5O2/c1-12(23-14-8-4-2-3-5-9-14)16(22)21-10-6-7-13(11-21)15-17-19-20-18-15/h12-14H,2-11H2,1H3,(H,17,18,19,20)/t12-,13-/m0/s1. The fourth-order valence-electron chi connectivity index (χ4n) is 3.71. The topological polar surface area (TPSA) is 84.0 Å². The summed E-state index contributed by atoms with van der Waals surface area (Å²) in [4.78, 5) is 14.6. The van der Waals surface area contributed by atoms with Gasteiger partial charge < -0.3 is 9.64 Å². The van der Waals surface area contributed by atoms with E-state index in [-0.39, 0.29) is 24.0 Å². The maximum Gasteiger partial charge on any atom is 0.251 e. The number of carbonyl (C=O) groups is 1. The molecule has 1 aromatic rings. The van der Waals surface area contributed by atoms with Gasteiger partial charge in [0.15, 0.2) is 5.82 Å². The zero-order valence-electron chi connectivity index (χ0n) is 13.9. The van der Waals surface area contributed by atoms with Crippen molar-refractivity contribution in [3.05, 3.63) is 5.82 Å². The minimum atomic E-state index is -0.359. The predicted octanol–water partition coefficient (Wildman–Crippen LogP) is 2.03. The van der Waals surface area contributed by atoms with Crippen molar-refractivity contribution < 1.29 is 9.53 Å². The third kappa shape index (κ3) is 4.28. The lowest BCUT2D eigenvalue weighted by atomic mass is 9.97. The molecule has 1 saturated carbocycles. The Labute approximate surface area is 137 Å². The first-order valence-electron chi connectivity index (χ1n) is 8.91. The number of tetrazole rings is 1. The van der Waals surface area contributed by atoms with Crippen LogP contribution < -0.4 is 0 Å². The summed E-state index contributed by atoms with van der Waals surface area (Å²) in [7, 11) is 0. The number of piperidine rings is 1. The van der Waals surface area contributed by atoms with Gasteiger partial charge in [-0.3, -0.25) is 4.79 Å². The van der Waals surface area contributed by atoms with Gasteiger partial charge in [0.25, 0.3) is 5.91 Å². The molecular formula is C16H27N5O2. The smallest absolute Gasteiger partial charge is 0.251 e. The number of nitrogens with one attached hydrogen (secondary N) is 1. The third-order valence-corrected chi connectivity index (χ3v) is 5.01. The largest absolute Gasteiger partial charge is 0.365 e. The van der Waals surface area contributed by atoms with Gasteiger partial charge in [-0.05, 0) is 32.6 Å². The quantitative estimate of drug-likeness (QED) is 0.858. The number of hydrogen-bond donors (Lipinski definition) is 1. The molecule has 2 heterocycles. The molecule has 23 heavy (non-hydrogen) atoms. The minimum Gasteiger partial charge on any atom is -0.365 e. The number of ether oxygens (including phenoxy) is 1. The minimum absolute atomic E-state index is 0.0995. The van der Waals surface area contributed by atoms with Gasteiger partial charge in [-0.2, -0.15) is 5.21 Å². The van der Waals surface area contributed by atoms with Gasteiger partial charge in [0.1, 0.15) is 6.10 Å². The monoisotopic (exact) mass is 321 g/mol. The van der Waals surface area contributed by atoms with Crippen LogP contribution in [0, 0.1) is 0 Å². The van der Waals surface area contributed by atoms with Crippen LogP contribution in [0.3, 0.4) is 0 Å². The first-order chi connectivity index (χ1) is 11.2. The lowest BCUT2D eigenvalue weighted by Gasteiger charge is -2.33. The van der Waals surface area contributed by atoms with Crippen LogP contribution in [0.25, 0.3) is 0 Å². The molecule has 1 N–H and O–H groups in total. The number of likely N-dealkylation sites (tertiary alicyclic amines) is 1. The normalized spacial score (nSPS) is 25.1. The Balaban J connectivity index is 1.53. The highest BCUT2D eigenvalue weighted by Gasteiger charge is 2.30. The molecule has 1 aliphatic heterocycles. The van der Waals surface area contributed by atoms with E-state index in [0.29, 0.717) is 12.4 Å². The molecule has 1 aliphatic carbocycles. The first-order valence-corrected chi connectivity index (χ1v) is 8.91. The van der Waals surface area contributed by atoms with Crippen molar-refractivity contribution in [3.8, 4) is 0 Å². The zero-order chi connectivity index (χ0) is 16.1. The number of rotatable bonds is 4. The van der Waals surface area contributed by atoms with E-state index in [9.17, 15) is 4.79 Å². The summed E-state index contributed by atoms with van der Waals surface area (Å²) < 4.78 is 6.07. The molecule has 0 bridgehead atoms. The fourth-order valence-corrected chi connectivity index (χ4v) is 3.71. The van der Waals surface area contributed by atoms with Gasteiger partial charge in [-0.25, -0.2) is 0 Å². The molecule has 7 nitrogen and oxygen atoms in total. The molecule has 7 heteroatoms. The highest BCUT2D eigenvalue weighted by atomic mass is 16.5. The lowest BCUT2D eigenvalue weighted by molar-refractivity contribution is -0.148. The van der Waals surface area contributed by atoms with Crippen molar-refractivity contribution in [2.24, 2.45) is 0 Å². The molecule has 2 aliphatic rings. The van der Waals surface area contributed by atoms with Gasteiger partial charge >= 0.3 is 0 Å². The summed E-state index contributed by atoms with van der Waals surface area (Å²) in [5.74, 6) is 0.985. The van der Waals surface area contributed by atoms with Crippen LogP contribution in [0.1, 0.15) is 70.0 Å². The number of carbonyl (C=O) groups excluding carboxylic acids is 1. The van der Waals surface area contributed by atoms with Crippen LogP contribution in [0.4, 0.5) is 0 Å². The molecule has 0 spiro atoms. The molecular weight excluding hydrogens is 294 g/mol. The fraction of sp³-hybridized carbons (Fsp3) is 0.875. The second-order valence-corrected chi connectivity index (χ2v) is 6.79. The zero-order valence-corrected chi connectivity index (χ0v) is 13.9. The molecule has 1 aromatic heterocycles. The second-order valence-electron chi connectivity index (χ2n) is 6.79. The van der Waals surface area contributed by atoms with Crippen LogP contribution in [-0.2, 0) is 9.53 Å². The molecule has 1 amide bonds. The summed E-state index contributed by atoms with van der Waals surface area (Å²) >= 11 is 0. The Morgan fingerprint density at radius 1 is 1.22 bits per heavy atom. The lowest BCUT2D eigenvalue weighted by Crippen LogP contribution is -2.45. The Kier molecular flexibility index (Phi) is 5.59. The van der Waals surface area contributed by atoms with E-state index < -0.39 is 0 Å². The van der Waals surface area contributed by atoms with E-state index in [0.717, 1.165) is 32.2 Å². The van der Waals surface area contributed by atoms with Gasteiger partial charge in [-0.15, -0.1) is 10.2 Å². The van der Waals surface area contributed by atoms with E-state index in [1.54, 1.807) is 0 Å². The Hall–Kier alpha value is -1.50. The van der Waals surface area contributed by atoms with E-state index in [1.807, 2.05) is 11.8 Å². The summed E-state index contributed by atoms with van der Waals surface area (Å²) in [6.07, 6.45) is 9.05. The summed E-state index contributed by atoms with van der Waals surface area (Å²) in [6, 6.07) is 0. The number of aromatic amines is 1. The van der Waals surface area contributed by atoms with Crippen LogP contribution in [-0.4, -0.2) is 56.7 Å². The maximum absolute atomic E-state index is 12.7.